The van der Waals surface area contributed by atoms with Gasteiger partial charge in [-0.25, -0.2) is 0 Å². The van der Waals surface area contributed by atoms with Gasteiger partial charge in [-0.15, -0.1) is 0 Å². The van der Waals surface area contributed by atoms with E-state index in [-0.39, 0.29) is 17.2 Å². The van der Waals surface area contributed by atoms with Crippen LogP contribution in [0, 0.1) is 41.5 Å². The predicted molar refractivity (Wildman–Crippen MR) is 141 cm³/mol. The monoisotopic (exact) mass is 469 g/mol. The number of nitrogens with zero attached hydrogens (tertiary/aromatic N) is 1. The third kappa shape index (κ3) is 4.76. The number of phenolic OH excluding ortho intramolecular Hbond substituents is 3. The molecule has 180 valence electrons. The molecular formula is C30H31NO4. The van der Waals surface area contributed by atoms with E-state index in [4.69, 9.17) is 4.74 Å². The second kappa shape index (κ2) is 9.26. The van der Waals surface area contributed by atoms with Crippen LogP contribution in [0.15, 0.2) is 60.7 Å². The molecule has 5 heteroatoms. The average molecular weight is 470 g/mol. The first-order valence-electron chi connectivity index (χ1n) is 11.5. The summed E-state index contributed by atoms with van der Waals surface area (Å²) >= 11 is 0. The van der Waals surface area contributed by atoms with Crippen LogP contribution in [0.1, 0.15) is 33.4 Å². The maximum Gasteiger partial charge on any atom is 0.130 e. The van der Waals surface area contributed by atoms with Crippen molar-refractivity contribution in [3.05, 3.63) is 94.0 Å². The van der Waals surface area contributed by atoms with Crippen molar-refractivity contribution in [2.24, 2.45) is 0 Å². The Hall–Kier alpha value is -4.12. The first-order chi connectivity index (χ1) is 16.5. The zero-order valence-corrected chi connectivity index (χ0v) is 21.0. The van der Waals surface area contributed by atoms with Crippen molar-refractivity contribution >= 4 is 17.1 Å². The molecule has 0 saturated heterocycles. The Kier molecular flexibility index (Phi) is 6.35. The van der Waals surface area contributed by atoms with Gasteiger partial charge in [0.1, 0.15) is 28.7 Å². The van der Waals surface area contributed by atoms with Crippen molar-refractivity contribution in [2.75, 3.05) is 4.90 Å². The summed E-state index contributed by atoms with van der Waals surface area (Å²) in [5.41, 5.74) is 7.66. The van der Waals surface area contributed by atoms with Gasteiger partial charge in [0.25, 0.3) is 0 Å². The molecule has 3 N–H and O–H groups in total. The molecule has 4 rings (SSSR count). The Morgan fingerprint density at radius 1 is 0.543 bits per heavy atom. The van der Waals surface area contributed by atoms with Gasteiger partial charge < -0.3 is 25.0 Å². The average Bonchev–Trinajstić information content (AvgIpc) is 2.79. The number of rotatable bonds is 5. The minimum atomic E-state index is 0.242. The molecule has 0 unspecified atom stereocenters. The normalized spacial score (nSPS) is 10.9. The fraction of sp³-hybridized carbons (Fsp3) is 0.200. The molecule has 0 aromatic heterocycles. The second-order valence-corrected chi connectivity index (χ2v) is 9.19. The lowest BCUT2D eigenvalue weighted by Gasteiger charge is -2.30. The zero-order chi connectivity index (χ0) is 25.4. The summed E-state index contributed by atoms with van der Waals surface area (Å²) in [6.45, 7) is 11.4. The van der Waals surface area contributed by atoms with E-state index in [1.807, 2.05) is 84.0 Å². The van der Waals surface area contributed by atoms with E-state index in [0.717, 1.165) is 50.4 Å². The molecule has 0 heterocycles. The van der Waals surface area contributed by atoms with Crippen molar-refractivity contribution in [1.82, 2.24) is 0 Å². The molecule has 35 heavy (non-hydrogen) atoms. The van der Waals surface area contributed by atoms with E-state index >= 15 is 0 Å². The van der Waals surface area contributed by atoms with Crippen molar-refractivity contribution in [3.8, 4) is 28.7 Å². The molecule has 0 aliphatic carbocycles. The number of phenols is 3. The predicted octanol–water partition coefficient (Wildman–Crippen LogP) is 7.92. The standard InChI is InChI=1S/C30H31NO4/c1-17-12-27(32)19(3)10-25(17)31(26-11-20(4)28(33)13-18(26)2)23-8-7-9-24(16-23)35-30-15-21(5)29(34)14-22(30)6/h7-16,32-34H,1-6H3. The van der Waals surface area contributed by atoms with Crippen molar-refractivity contribution < 1.29 is 20.1 Å². The number of benzene rings is 4. The Bertz CT molecular complexity index is 1370. The Morgan fingerprint density at radius 2 is 1.03 bits per heavy atom. The largest absolute Gasteiger partial charge is 0.508 e. The number of hydrogen-bond acceptors (Lipinski definition) is 5. The fourth-order valence-electron chi connectivity index (χ4n) is 4.16. The zero-order valence-electron chi connectivity index (χ0n) is 21.0. The lowest BCUT2D eigenvalue weighted by Crippen LogP contribution is -2.13. The van der Waals surface area contributed by atoms with Crippen LogP contribution in [0.5, 0.6) is 28.7 Å². The smallest absolute Gasteiger partial charge is 0.130 e. The van der Waals surface area contributed by atoms with E-state index in [0.29, 0.717) is 11.5 Å². The van der Waals surface area contributed by atoms with Gasteiger partial charge in [0.05, 0.1) is 0 Å². The molecule has 4 aromatic carbocycles. The molecule has 0 saturated carbocycles. The van der Waals surface area contributed by atoms with Gasteiger partial charge in [0.2, 0.25) is 0 Å². The Balaban J connectivity index is 1.87. The van der Waals surface area contributed by atoms with Crippen LogP contribution >= 0.6 is 0 Å². The van der Waals surface area contributed by atoms with E-state index in [9.17, 15) is 15.3 Å². The van der Waals surface area contributed by atoms with Crippen LogP contribution in [0.2, 0.25) is 0 Å². The number of ether oxygens (including phenoxy) is 1. The van der Waals surface area contributed by atoms with E-state index in [1.54, 1.807) is 18.2 Å². The van der Waals surface area contributed by atoms with E-state index in [1.165, 1.54) is 0 Å². The molecule has 0 atom stereocenters. The minimum absolute atomic E-state index is 0.242. The number of hydrogen-bond donors (Lipinski definition) is 3. The lowest BCUT2D eigenvalue weighted by molar-refractivity contribution is 0.458. The minimum Gasteiger partial charge on any atom is -0.508 e. The van der Waals surface area contributed by atoms with Gasteiger partial charge in [-0.2, -0.15) is 0 Å². The molecular weight excluding hydrogens is 438 g/mol. The molecule has 4 aromatic rings. The lowest BCUT2D eigenvalue weighted by atomic mass is 10.0. The van der Waals surface area contributed by atoms with Gasteiger partial charge >= 0.3 is 0 Å². The molecule has 5 nitrogen and oxygen atoms in total. The van der Waals surface area contributed by atoms with Gasteiger partial charge in [-0.05, 0) is 123 Å². The molecule has 0 fully saturated rings. The highest BCUT2D eigenvalue weighted by Gasteiger charge is 2.20. The summed E-state index contributed by atoms with van der Waals surface area (Å²) < 4.78 is 6.24. The summed E-state index contributed by atoms with van der Waals surface area (Å²) in [7, 11) is 0. The van der Waals surface area contributed by atoms with Crippen LogP contribution in [-0.2, 0) is 0 Å². The third-order valence-electron chi connectivity index (χ3n) is 6.31. The van der Waals surface area contributed by atoms with Gasteiger partial charge in [0.15, 0.2) is 0 Å². The maximum absolute atomic E-state index is 10.3. The molecule has 0 aliphatic heterocycles. The highest BCUT2D eigenvalue weighted by Crippen LogP contribution is 2.43. The van der Waals surface area contributed by atoms with E-state index in [2.05, 4.69) is 4.90 Å². The van der Waals surface area contributed by atoms with Gasteiger partial charge in [-0.3, -0.25) is 0 Å². The number of aromatic hydroxyl groups is 3. The summed E-state index contributed by atoms with van der Waals surface area (Å²) in [4.78, 5) is 2.12. The molecule has 0 amide bonds. The number of aryl methyl sites for hydroxylation is 6. The summed E-state index contributed by atoms with van der Waals surface area (Å²) in [5.74, 6) is 2.07. The van der Waals surface area contributed by atoms with Gasteiger partial charge in [-0.1, -0.05) is 6.07 Å². The van der Waals surface area contributed by atoms with Crippen LogP contribution in [0.3, 0.4) is 0 Å². The molecule has 0 aliphatic rings. The van der Waals surface area contributed by atoms with Crippen molar-refractivity contribution in [2.45, 2.75) is 41.5 Å². The van der Waals surface area contributed by atoms with Crippen molar-refractivity contribution in [1.29, 1.82) is 0 Å². The summed E-state index contributed by atoms with van der Waals surface area (Å²) in [6.07, 6.45) is 0. The third-order valence-corrected chi connectivity index (χ3v) is 6.31. The molecule has 0 bridgehead atoms. The highest BCUT2D eigenvalue weighted by atomic mass is 16.5. The first kappa shape index (κ1) is 24.0. The second-order valence-electron chi connectivity index (χ2n) is 9.19. The summed E-state index contributed by atoms with van der Waals surface area (Å²) in [5, 5.41) is 30.5. The maximum atomic E-state index is 10.3. The molecule has 0 radical (unpaired) electrons. The van der Waals surface area contributed by atoms with Crippen LogP contribution in [-0.4, -0.2) is 15.3 Å². The highest BCUT2D eigenvalue weighted by molar-refractivity contribution is 5.82. The fourth-order valence-corrected chi connectivity index (χ4v) is 4.16. The number of anilines is 3. The van der Waals surface area contributed by atoms with Crippen LogP contribution in [0.4, 0.5) is 17.1 Å². The first-order valence-corrected chi connectivity index (χ1v) is 11.5. The van der Waals surface area contributed by atoms with Crippen LogP contribution < -0.4 is 9.64 Å². The van der Waals surface area contributed by atoms with Crippen molar-refractivity contribution in [3.63, 3.8) is 0 Å². The Morgan fingerprint density at radius 3 is 1.57 bits per heavy atom. The van der Waals surface area contributed by atoms with Gasteiger partial charge in [0, 0.05) is 23.1 Å². The van der Waals surface area contributed by atoms with Crippen LogP contribution in [0.25, 0.3) is 0 Å². The summed E-state index contributed by atoms with van der Waals surface area (Å²) in [6, 6.07) is 18.8. The SMILES string of the molecule is Cc1cc(Oc2cccc(N(c3cc(C)c(O)cc3C)c3cc(C)c(O)cc3C)c2)c(C)cc1O. The topological polar surface area (TPSA) is 73.2 Å². The van der Waals surface area contributed by atoms with E-state index < -0.39 is 0 Å². The quantitative estimate of drug-likeness (QED) is 0.277. The molecule has 0 spiro atoms. The Labute approximate surface area is 206 Å².